The van der Waals surface area contributed by atoms with Gasteiger partial charge in [0, 0.05) is 17.6 Å². The van der Waals surface area contributed by atoms with Crippen LogP contribution in [0.2, 0.25) is 0 Å². The van der Waals surface area contributed by atoms with Crippen molar-refractivity contribution in [3.8, 4) is 5.75 Å². The van der Waals surface area contributed by atoms with E-state index >= 15 is 0 Å². The van der Waals surface area contributed by atoms with Gasteiger partial charge in [0.25, 0.3) is 5.91 Å². The predicted octanol–water partition coefficient (Wildman–Crippen LogP) is 4.96. The van der Waals surface area contributed by atoms with Crippen LogP contribution in [0.25, 0.3) is 10.2 Å². The first-order valence-corrected chi connectivity index (χ1v) is 10.7. The Morgan fingerprint density at radius 3 is 2.68 bits per heavy atom. The van der Waals surface area contributed by atoms with Gasteiger partial charge in [-0.05, 0) is 48.4 Å². The van der Waals surface area contributed by atoms with Crippen molar-refractivity contribution in [1.82, 2.24) is 10.3 Å². The first-order chi connectivity index (χ1) is 14.7. The van der Waals surface area contributed by atoms with E-state index in [4.69, 9.17) is 10.5 Å². The van der Waals surface area contributed by atoms with Crippen molar-refractivity contribution < 1.29 is 22.7 Å². The normalized spacial score (nSPS) is 16.2. The van der Waals surface area contributed by atoms with Crippen LogP contribution < -0.4 is 15.8 Å². The summed E-state index contributed by atoms with van der Waals surface area (Å²) in [6, 6.07) is 7.12. The Morgan fingerprint density at radius 1 is 1.32 bits per heavy atom. The lowest BCUT2D eigenvalue weighted by atomic mass is 9.84. The van der Waals surface area contributed by atoms with Crippen LogP contribution in [0.1, 0.15) is 45.4 Å². The van der Waals surface area contributed by atoms with Gasteiger partial charge in [-0.3, -0.25) is 4.79 Å². The number of aryl methyl sites for hydroxylation is 1. The summed E-state index contributed by atoms with van der Waals surface area (Å²) in [4.78, 5) is 17.4. The molecule has 164 valence electrons. The van der Waals surface area contributed by atoms with Crippen molar-refractivity contribution in [1.29, 1.82) is 0 Å². The van der Waals surface area contributed by atoms with E-state index in [1.165, 1.54) is 0 Å². The van der Waals surface area contributed by atoms with Crippen LogP contribution in [0.15, 0.2) is 24.3 Å². The Labute approximate surface area is 181 Å². The largest absolute Gasteiger partial charge is 0.497 e. The fourth-order valence-electron chi connectivity index (χ4n) is 3.98. The first kappa shape index (κ1) is 21.4. The number of nitrogens with two attached hydrogens (primary N) is 1. The third-order valence-electron chi connectivity index (χ3n) is 5.59. The van der Waals surface area contributed by atoms with Gasteiger partial charge >= 0.3 is 6.18 Å². The number of fused-ring (bicyclic) bond motifs is 2. The molecule has 1 aliphatic rings. The Balaban J connectivity index is 1.70. The van der Waals surface area contributed by atoms with Crippen molar-refractivity contribution in [2.45, 2.75) is 38.9 Å². The summed E-state index contributed by atoms with van der Waals surface area (Å²) in [5, 5.41) is 2.58. The molecule has 0 saturated carbocycles. The number of benzene rings is 1. The molecule has 31 heavy (non-hydrogen) atoms. The second kappa shape index (κ2) is 8.03. The number of pyridine rings is 1. The fourth-order valence-corrected chi connectivity index (χ4v) is 5.02. The third-order valence-corrected chi connectivity index (χ3v) is 6.69. The van der Waals surface area contributed by atoms with E-state index in [0.717, 1.165) is 23.3 Å². The number of aromatic nitrogens is 1. The monoisotopic (exact) mass is 449 g/mol. The van der Waals surface area contributed by atoms with E-state index in [9.17, 15) is 18.0 Å². The third kappa shape index (κ3) is 4.06. The lowest BCUT2D eigenvalue weighted by Crippen LogP contribution is -2.23. The van der Waals surface area contributed by atoms with Crippen molar-refractivity contribution in [3.05, 3.63) is 51.5 Å². The number of alkyl halides is 3. The molecule has 9 heteroatoms. The fraction of sp³-hybridized carbons (Fsp3) is 0.364. The maximum Gasteiger partial charge on any atom is 0.417 e. The minimum absolute atomic E-state index is 0.0527. The van der Waals surface area contributed by atoms with Crippen LogP contribution in [-0.2, 0) is 25.6 Å². The molecule has 0 fully saturated rings. The van der Waals surface area contributed by atoms with Crippen LogP contribution in [0, 0.1) is 5.92 Å². The van der Waals surface area contributed by atoms with Crippen molar-refractivity contribution in [2.75, 3.05) is 12.8 Å². The first-order valence-electron chi connectivity index (χ1n) is 9.91. The number of nitrogens with zero attached hydrogens (tertiary/aromatic N) is 1. The van der Waals surface area contributed by atoms with Gasteiger partial charge in [0.15, 0.2) is 0 Å². The number of carbonyl (C=O) groups excluding carboxylic acids is 1. The van der Waals surface area contributed by atoms with Crippen molar-refractivity contribution >= 4 is 33.1 Å². The highest BCUT2D eigenvalue weighted by molar-refractivity contribution is 7.21. The maximum absolute atomic E-state index is 14.1. The quantitative estimate of drug-likeness (QED) is 0.590. The molecular weight excluding hydrogens is 427 g/mol. The molecule has 4 rings (SSSR count). The van der Waals surface area contributed by atoms with Gasteiger partial charge in [-0.1, -0.05) is 19.1 Å². The van der Waals surface area contributed by atoms with Gasteiger partial charge in [-0.15, -0.1) is 11.3 Å². The van der Waals surface area contributed by atoms with Crippen LogP contribution in [0.3, 0.4) is 0 Å². The molecule has 1 aliphatic carbocycles. The van der Waals surface area contributed by atoms with E-state index in [1.807, 2.05) is 6.92 Å². The summed E-state index contributed by atoms with van der Waals surface area (Å²) in [7, 11) is 1.56. The summed E-state index contributed by atoms with van der Waals surface area (Å²) in [5.74, 6) is 0.309. The molecule has 1 aromatic carbocycles. The maximum atomic E-state index is 14.1. The minimum atomic E-state index is -4.58. The summed E-state index contributed by atoms with van der Waals surface area (Å²) in [6.45, 7) is 2.15. The number of nitrogens with one attached hydrogen (secondary N) is 1. The minimum Gasteiger partial charge on any atom is -0.497 e. The number of anilines is 1. The number of rotatable bonds is 4. The van der Waals surface area contributed by atoms with Gasteiger partial charge in [0.1, 0.15) is 15.5 Å². The highest BCUT2D eigenvalue weighted by atomic mass is 32.1. The number of hydrogen-bond donors (Lipinski definition) is 2. The Bertz CT molecular complexity index is 1140. The zero-order chi connectivity index (χ0) is 22.3. The number of hydrogen-bond acceptors (Lipinski definition) is 5. The highest BCUT2D eigenvalue weighted by Gasteiger charge is 2.40. The summed E-state index contributed by atoms with van der Waals surface area (Å²) >= 11 is 0.909. The lowest BCUT2D eigenvalue weighted by molar-refractivity contribution is -0.137. The van der Waals surface area contributed by atoms with E-state index in [2.05, 4.69) is 10.3 Å². The van der Waals surface area contributed by atoms with Crippen LogP contribution in [0.5, 0.6) is 5.75 Å². The zero-order valence-corrected chi connectivity index (χ0v) is 17.9. The van der Waals surface area contributed by atoms with Gasteiger partial charge in [0.2, 0.25) is 0 Å². The van der Waals surface area contributed by atoms with Gasteiger partial charge in [-0.25, -0.2) is 4.98 Å². The predicted molar refractivity (Wildman–Crippen MR) is 114 cm³/mol. The molecule has 2 aromatic heterocycles. The molecule has 1 unspecified atom stereocenters. The average Bonchev–Trinajstić information content (AvgIpc) is 3.06. The summed E-state index contributed by atoms with van der Waals surface area (Å²) < 4.78 is 47.3. The number of nitrogen functional groups attached to an aromatic ring is 1. The number of halogens is 3. The Hall–Kier alpha value is -2.81. The number of carbonyl (C=O) groups is 1. The van der Waals surface area contributed by atoms with Crippen molar-refractivity contribution in [3.63, 3.8) is 0 Å². The van der Waals surface area contributed by atoms with Crippen LogP contribution in [0.4, 0.5) is 18.9 Å². The smallest absolute Gasteiger partial charge is 0.417 e. The molecule has 0 spiro atoms. The topological polar surface area (TPSA) is 77.2 Å². The molecule has 0 saturated heterocycles. The van der Waals surface area contributed by atoms with Crippen LogP contribution in [-0.4, -0.2) is 18.0 Å². The zero-order valence-electron chi connectivity index (χ0n) is 17.1. The summed E-state index contributed by atoms with van der Waals surface area (Å²) in [6.07, 6.45) is -2.99. The molecule has 3 aromatic rings. The molecule has 1 amide bonds. The number of methoxy groups -OCH3 is 1. The van der Waals surface area contributed by atoms with E-state index < -0.39 is 17.6 Å². The van der Waals surface area contributed by atoms with Gasteiger partial charge in [-0.2, -0.15) is 13.2 Å². The molecule has 1 atom stereocenters. The summed E-state index contributed by atoms with van der Waals surface area (Å²) in [5.41, 5.74) is 6.72. The molecule has 0 bridgehead atoms. The number of amides is 1. The van der Waals surface area contributed by atoms with E-state index in [0.29, 0.717) is 24.3 Å². The molecule has 5 nitrogen and oxygen atoms in total. The van der Waals surface area contributed by atoms with Crippen LogP contribution >= 0.6 is 11.3 Å². The second-order valence-corrected chi connectivity index (χ2v) is 8.81. The number of thiophene rings is 1. The Morgan fingerprint density at radius 2 is 2.03 bits per heavy atom. The number of ether oxygens (including phenoxy) is 1. The molecule has 0 radical (unpaired) electrons. The van der Waals surface area contributed by atoms with E-state index in [-0.39, 0.29) is 38.8 Å². The average molecular weight is 449 g/mol. The molecule has 0 aliphatic heterocycles. The van der Waals surface area contributed by atoms with E-state index in [1.54, 1.807) is 31.4 Å². The standard InChI is InChI=1S/C22H22F3N3O2S/c1-11-3-8-15-14(9-11)17(22(23,24)25)16-18(26)19(31-21(16)28-15)20(29)27-10-12-4-6-13(30-2)7-5-12/h4-7,11H,3,8-10,26H2,1-2H3,(H,27,29). The molecule has 2 heterocycles. The highest BCUT2D eigenvalue weighted by Crippen LogP contribution is 2.46. The SMILES string of the molecule is COc1ccc(CNC(=O)c2sc3nc4c(c(C(F)(F)F)c3c2N)CC(C)CC4)cc1. The second-order valence-electron chi connectivity index (χ2n) is 7.81. The molecule has 3 N–H and O–H groups in total. The Kier molecular flexibility index (Phi) is 5.55. The van der Waals surface area contributed by atoms with Gasteiger partial charge in [0.05, 0.1) is 18.4 Å². The van der Waals surface area contributed by atoms with Gasteiger partial charge < -0.3 is 15.8 Å². The lowest BCUT2D eigenvalue weighted by Gasteiger charge is -2.25. The van der Waals surface area contributed by atoms with Crippen molar-refractivity contribution in [2.24, 2.45) is 5.92 Å². The molecular formula is C22H22F3N3O2S.